The number of morpholine rings is 1. The molecule has 0 spiro atoms. The second-order valence-electron chi connectivity index (χ2n) is 5.08. The Hall–Kier alpha value is -0.120. The van der Waals surface area contributed by atoms with Crippen LogP contribution >= 0.6 is 0 Å². The van der Waals surface area contributed by atoms with E-state index in [1.165, 1.54) is 0 Å². The van der Waals surface area contributed by atoms with Crippen molar-refractivity contribution in [1.82, 2.24) is 5.32 Å². The van der Waals surface area contributed by atoms with Crippen LogP contribution in [-0.2, 0) is 9.47 Å². The molecule has 1 aliphatic rings. The van der Waals surface area contributed by atoms with Gasteiger partial charge in [-0.3, -0.25) is 0 Å². The summed E-state index contributed by atoms with van der Waals surface area (Å²) in [6.07, 6.45) is 1.31. The fourth-order valence-corrected chi connectivity index (χ4v) is 2.31. The van der Waals surface area contributed by atoms with Crippen LogP contribution in [0.25, 0.3) is 0 Å². The second-order valence-corrected chi connectivity index (χ2v) is 5.08. The Labute approximate surface area is 93.5 Å². The number of ether oxygens (including phenoxy) is 2. The molecule has 2 unspecified atom stereocenters. The molecule has 0 aromatic rings. The summed E-state index contributed by atoms with van der Waals surface area (Å²) in [5, 5.41) is 3.43. The summed E-state index contributed by atoms with van der Waals surface area (Å²) in [5.41, 5.74) is -0.0197. The predicted molar refractivity (Wildman–Crippen MR) is 62.1 cm³/mol. The molecule has 0 radical (unpaired) electrons. The zero-order chi connectivity index (χ0) is 11.3. The van der Waals surface area contributed by atoms with Gasteiger partial charge in [-0.15, -0.1) is 0 Å². The van der Waals surface area contributed by atoms with Crippen LogP contribution in [0.2, 0.25) is 0 Å². The molecule has 0 aromatic carbocycles. The van der Waals surface area contributed by atoms with E-state index in [1.54, 1.807) is 0 Å². The molecule has 0 bridgehead atoms. The van der Waals surface area contributed by atoms with Crippen LogP contribution in [0.5, 0.6) is 0 Å². The van der Waals surface area contributed by atoms with Crippen molar-refractivity contribution in [2.75, 3.05) is 26.3 Å². The molecule has 0 aliphatic carbocycles. The lowest BCUT2D eigenvalue weighted by molar-refractivity contribution is -0.136. The summed E-state index contributed by atoms with van der Waals surface area (Å²) in [4.78, 5) is 0. The third kappa shape index (κ3) is 4.49. The Morgan fingerprint density at radius 1 is 1.53 bits per heavy atom. The molecule has 3 heteroatoms. The van der Waals surface area contributed by atoms with Crippen LogP contribution < -0.4 is 5.32 Å². The predicted octanol–water partition coefficient (Wildman–Crippen LogP) is 1.82. The van der Waals surface area contributed by atoms with E-state index in [1.807, 2.05) is 6.92 Å². The van der Waals surface area contributed by atoms with E-state index in [2.05, 4.69) is 26.1 Å². The fourth-order valence-electron chi connectivity index (χ4n) is 2.31. The lowest BCUT2D eigenvalue weighted by Gasteiger charge is -2.40. The molecule has 1 heterocycles. The van der Waals surface area contributed by atoms with Gasteiger partial charge in [0.2, 0.25) is 0 Å². The fraction of sp³-hybridized carbons (Fsp3) is 1.00. The minimum absolute atomic E-state index is 0.0197. The van der Waals surface area contributed by atoms with Crippen molar-refractivity contribution in [3.63, 3.8) is 0 Å². The molecule has 0 saturated carbocycles. The van der Waals surface area contributed by atoms with Gasteiger partial charge in [0.15, 0.2) is 0 Å². The lowest BCUT2D eigenvalue weighted by Crippen LogP contribution is -2.54. The first-order valence-corrected chi connectivity index (χ1v) is 6.02. The highest BCUT2D eigenvalue weighted by atomic mass is 16.5. The lowest BCUT2D eigenvalue weighted by atomic mass is 9.92. The summed E-state index contributed by atoms with van der Waals surface area (Å²) in [6, 6.07) is 0. The first-order valence-electron chi connectivity index (χ1n) is 6.02. The van der Waals surface area contributed by atoms with Gasteiger partial charge in [0.1, 0.15) is 0 Å². The van der Waals surface area contributed by atoms with Gasteiger partial charge in [-0.1, -0.05) is 13.8 Å². The van der Waals surface area contributed by atoms with E-state index in [0.717, 1.165) is 26.1 Å². The average molecular weight is 215 g/mol. The molecule has 1 N–H and O–H groups in total. The minimum atomic E-state index is -0.0197. The van der Waals surface area contributed by atoms with Gasteiger partial charge in [-0.2, -0.15) is 0 Å². The van der Waals surface area contributed by atoms with Crippen molar-refractivity contribution in [2.24, 2.45) is 5.92 Å². The number of hydrogen-bond donors (Lipinski definition) is 1. The molecule has 3 nitrogen and oxygen atoms in total. The van der Waals surface area contributed by atoms with Crippen LogP contribution in [-0.4, -0.2) is 38.0 Å². The topological polar surface area (TPSA) is 30.5 Å². The van der Waals surface area contributed by atoms with E-state index in [-0.39, 0.29) is 11.7 Å². The van der Waals surface area contributed by atoms with Gasteiger partial charge in [0.25, 0.3) is 0 Å². The van der Waals surface area contributed by atoms with Crippen molar-refractivity contribution in [3.8, 4) is 0 Å². The zero-order valence-electron chi connectivity index (χ0n) is 10.5. The second kappa shape index (κ2) is 5.83. The van der Waals surface area contributed by atoms with Crippen molar-refractivity contribution < 1.29 is 9.47 Å². The van der Waals surface area contributed by atoms with Gasteiger partial charge in [0, 0.05) is 19.7 Å². The molecule has 15 heavy (non-hydrogen) atoms. The average Bonchev–Trinajstić information content (AvgIpc) is 2.12. The van der Waals surface area contributed by atoms with E-state index in [0.29, 0.717) is 12.5 Å². The molecule has 1 fully saturated rings. The molecule has 1 saturated heterocycles. The van der Waals surface area contributed by atoms with Crippen molar-refractivity contribution in [3.05, 3.63) is 0 Å². The Bertz CT molecular complexity index is 184. The monoisotopic (exact) mass is 215 g/mol. The van der Waals surface area contributed by atoms with Gasteiger partial charge >= 0.3 is 0 Å². The summed E-state index contributed by atoms with van der Waals surface area (Å²) in [7, 11) is 0. The normalized spacial score (nSPS) is 32.2. The van der Waals surface area contributed by atoms with Gasteiger partial charge < -0.3 is 14.8 Å². The number of rotatable bonds is 5. The molecular weight excluding hydrogens is 190 g/mol. The van der Waals surface area contributed by atoms with Crippen LogP contribution in [0.15, 0.2) is 0 Å². The van der Waals surface area contributed by atoms with Crippen LogP contribution in [0.1, 0.15) is 34.1 Å². The quantitative estimate of drug-likeness (QED) is 0.759. The Morgan fingerprint density at radius 3 is 2.87 bits per heavy atom. The SMILES string of the molecule is CCOCC1CNCC(C)(CC(C)C)O1. The largest absolute Gasteiger partial charge is 0.379 e. The molecule has 90 valence electrons. The molecule has 1 aliphatic heterocycles. The maximum absolute atomic E-state index is 6.10. The molecular formula is C12H25NO2. The third-order valence-corrected chi connectivity index (χ3v) is 2.67. The van der Waals surface area contributed by atoms with Crippen LogP contribution in [0, 0.1) is 5.92 Å². The molecule has 1 rings (SSSR count). The minimum Gasteiger partial charge on any atom is -0.379 e. The summed E-state index contributed by atoms with van der Waals surface area (Å²) in [5.74, 6) is 0.669. The maximum atomic E-state index is 6.10. The summed E-state index contributed by atoms with van der Waals surface area (Å²) < 4.78 is 11.5. The highest BCUT2D eigenvalue weighted by Gasteiger charge is 2.33. The molecule has 2 atom stereocenters. The third-order valence-electron chi connectivity index (χ3n) is 2.67. The van der Waals surface area contributed by atoms with Crippen LogP contribution in [0.3, 0.4) is 0 Å². The Balaban J connectivity index is 2.39. The van der Waals surface area contributed by atoms with E-state index < -0.39 is 0 Å². The van der Waals surface area contributed by atoms with E-state index in [4.69, 9.17) is 9.47 Å². The van der Waals surface area contributed by atoms with Crippen molar-refractivity contribution >= 4 is 0 Å². The van der Waals surface area contributed by atoms with Gasteiger partial charge in [-0.25, -0.2) is 0 Å². The standard InChI is InChI=1S/C12H25NO2/c1-5-14-8-11-7-13-9-12(4,15-11)6-10(2)3/h10-11,13H,5-9H2,1-4H3. The van der Waals surface area contributed by atoms with E-state index >= 15 is 0 Å². The summed E-state index contributed by atoms with van der Waals surface area (Å²) >= 11 is 0. The van der Waals surface area contributed by atoms with Gasteiger partial charge in [0.05, 0.1) is 18.3 Å². The Kier molecular flexibility index (Phi) is 5.03. The maximum Gasteiger partial charge on any atom is 0.0940 e. The van der Waals surface area contributed by atoms with Gasteiger partial charge in [-0.05, 0) is 26.2 Å². The van der Waals surface area contributed by atoms with Crippen molar-refractivity contribution in [1.29, 1.82) is 0 Å². The number of hydrogen-bond acceptors (Lipinski definition) is 3. The highest BCUT2D eigenvalue weighted by molar-refractivity contribution is 4.86. The molecule has 0 amide bonds. The van der Waals surface area contributed by atoms with Crippen molar-refractivity contribution in [2.45, 2.75) is 45.8 Å². The first kappa shape index (κ1) is 12.9. The number of nitrogens with one attached hydrogen (secondary N) is 1. The van der Waals surface area contributed by atoms with Crippen LogP contribution in [0.4, 0.5) is 0 Å². The molecule has 0 aromatic heterocycles. The van der Waals surface area contributed by atoms with E-state index in [9.17, 15) is 0 Å². The highest BCUT2D eigenvalue weighted by Crippen LogP contribution is 2.24. The Morgan fingerprint density at radius 2 is 2.27 bits per heavy atom. The smallest absolute Gasteiger partial charge is 0.0940 e. The zero-order valence-corrected chi connectivity index (χ0v) is 10.5. The summed E-state index contributed by atoms with van der Waals surface area (Å²) in [6.45, 7) is 12.0. The first-order chi connectivity index (χ1) is 7.06.